The van der Waals surface area contributed by atoms with Crippen LogP contribution in [0.15, 0.2) is 18.2 Å². The summed E-state index contributed by atoms with van der Waals surface area (Å²) in [6.45, 7) is 0. The summed E-state index contributed by atoms with van der Waals surface area (Å²) in [5.74, 6) is -0.760. The van der Waals surface area contributed by atoms with E-state index in [0.29, 0.717) is 12.1 Å². The maximum atomic E-state index is 12.6. The number of nitrogen functional groups attached to an aromatic ring is 1. The molecule has 1 aromatic rings. The number of hydrogen-bond donors (Lipinski definition) is 2. The molecule has 0 aromatic heterocycles. The molecule has 0 aliphatic rings. The standard InChI is InChI=1S/C9H11FN2O/c10-7-3-1-6(8(11)5-7)2-4-9(12)13/h1,3,5H,2,4,11H2,(H2,12,13). The second-order valence-electron chi connectivity index (χ2n) is 2.81. The first-order chi connectivity index (χ1) is 6.09. The molecular formula is C9H11FN2O. The predicted molar refractivity (Wildman–Crippen MR) is 48.3 cm³/mol. The van der Waals surface area contributed by atoms with E-state index in [2.05, 4.69) is 0 Å². The molecule has 0 spiro atoms. The van der Waals surface area contributed by atoms with E-state index in [1.807, 2.05) is 0 Å². The lowest BCUT2D eigenvalue weighted by Gasteiger charge is -2.03. The van der Waals surface area contributed by atoms with Gasteiger partial charge < -0.3 is 11.5 Å². The van der Waals surface area contributed by atoms with E-state index in [-0.39, 0.29) is 18.1 Å². The Kier molecular flexibility index (Phi) is 2.84. The Balaban J connectivity index is 2.72. The van der Waals surface area contributed by atoms with Crippen LogP contribution in [-0.2, 0) is 11.2 Å². The van der Waals surface area contributed by atoms with Gasteiger partial charge in [0, 0.05) is 12.1 Å². The van der Waals surface area contributed by atoms with E-state index >= 15 is 0 Å². The van der Waals surface area contributed by atoms with Gasteiger partial charge in [-0.05, 0) is 24.1 Å². The molecule has 0 atom stereocenters. The molecule has 4 N–H and O–H groups in total. The lowest BCUT2D eigenvalue weighted by molar-refractivity contribution is -0.117. The summed E-state index contributed by atoms with van der Waals surface area (Å²) in [7, 11) is 0. The van der Waals surface area contributed by atoms with E-state index in [1.165, 1.54) is 12.1 Å². The maximum absolute atomic E-state index is 12.6. The van der Waals surface area contributed by atoms with Crippen LogP contribution in [0.3, 0.4) is 0 Å². The van der Waals surface area contributed by atoms with Crippen LogP contribution in [0.1, 0.15) is 12.0 Å². The van der Waals surface area contributed by atoms with Crippen LogP contribution in [0.4, 0.5) is 10.1 Å². The predicted octanol–water partition coefficient (Wildman–Crippen LogP) is 0.826. The van der Waals surface area contributed by atoms with Crippen LogP contribution < -0.4 is 11.5 Å². The molecule has 0 aliphatic carbocycles. The van der Waals surface area contributed by atoms with Crippen molar-refractivity contribution in [3.63, 3.8) is 0 Å². The number of rotatable bonds is 3. The number of anilines is 1. The minimum absolute atomic E-state index is 0.232. The van der Waals surface area contributed by atoms with Crippen LogP contribution in [0.2, 0.25) is 0 Å². The van der Waals surface area contributed by atoms with Crippen LogP contribution >= 0.6 is 0 Å². The molecule has 4 heteroatoms. The van der Waals surface area contributed by atoms with Gasteiger partial charge in [-0.15, -0.1) is 0 Å². The van der Waals surface area contributed by atoms with Crippen molar-refractivity contribution in [2.24, 2.45) is 5.73 Å². The van der Waals surface area contributed by atoms with Crippen LogP contribution in [0.5, 0.6) is 0 Å². The Bertz CT molecular complexity index is 325. The van der Waals surface area contributed by atoms with E-state index in [1.54, 1.807) is 6.07 Å². The van der Waals surface area contributed by atoms with E-state index < -0.39 is 0 Å². The van der Waals surface area contributed by atoms with Crippen molar-refractivity contribution in [3.05, 3.63) is 29.6 Å². The second kappa shape index (κ2) is 3.89. The Hall–Kier alpha value is -1.58. The van der Waals surface area contributed by atoms with Crippen molar-refractivity contribution in [2.75, 3.05) is 5.73 Å². The van der Waals surface area contributed by atoms with Crippen molar-refractivity contribution in [1.29, 1.82) is 0 Å². The van der Waals surface area contributed by atoms with Gasteiger partial charge in [0.25, 0.3) is 0 Å². The Labute approximate surface area is 75.5 Å². The fourth-order valence-electron chi connectivity index (χ4n) is 1.05. The first-order valence-electron chi connectivity index (χ1n) is 3.92. The Morgan fingerprint density at radius 2 is 2.15 bits per heavy atom. The van der Waals surface area contributed by atoms with Gasteiger partial charge in [0.15, 0.2) is 0 Å². The first-order valence-corrected chi connectivity index (χ1v) is 3.92. The van der Waals surface area contributed by atoms with Gasteiger partial charge in [-0.25, -0.2) is 4.39 Å². The molecule has 0 aliphatic heterocycles. The number of carbonyl (C=O) groups excluding carboxylic acids is 1. The highest BCUT2D eigenvalue weighted by Crippen LogP contribution is 2.14. The third-order valence-electron chi connectivity index (χ3n) is 1.75. The quantitative estimate of drug-likeness (QED) is 0.679. The summed E-state index contributed by atoms with van der Waals surface area (Å²) in [6, 6.07) is 4.11. The molecule has 0 bridgehead atoms. The average molecular weight is 182 g/mol. The number of carbonyl (C=O) groups is 1. The smallest absolute Gasteiger partial charge is 0.217 e. The molecule has 0 fully saturated rings. The topological polar surface area (TPSA) is 69.1 Å². The number of nitrogens with two attached hydrogens (primary N) is 2. The lowest BCUT2D eigenvalue weighted by Crippen LogP contribution is -2.11. The fraction of sp³-hybridized carbons (Fsp3) is 0.222. The summed E-state index contributed by atoms with van der Waals surface area (Å²) in [5.41, 5.74) is 11.6. The highest BCUT2D eigenvalue weighted by Gasteiger charge is 2.02. The summed E-state index contributed by atoms with van der Waals surface area (Å²) in [4.78, 5) is 10.5. The zero-order valence-corrected chi connectivity index (χ0v) is 7.09. The average Bonchev–Trinajstić information content (AvgIpc) is 2.02. The zero-order chi connectivity index (χ0) is 9.84. The minimum atomic E-state index is -0.385. The number of benzene rings is 1. The van der Waals surface area contributed by atoms with Gasteiger partial charge in [-0.1, -0.05) is 6.07 Å². The molecule has 0 heterocycles. The molecular weight excluding hydrogens is 171 g/mol. The number of aryl methyl sites for hydroxylation is 1. The number of halogens is 1. The van der Waals surface area contributed by atoms with E-state index in [9.17, 15) is 9.18 Å². The normalized spacial score (nSPS) is 9.92. The van der Waals surface area contributed by atoms with Crippen LogP contribution in [0.25, 0.3) is 0 Å². The molecule has 3 nitrogen and oxygen atoms in total. The molecule has 70 valence electrons. The summed E-state index contributed by atoms with van der Waals surface area (Å²) >= 11 is 0. The summed E-state index contributed by atoms with van der Waals surface area (Å²) < 4.78 is 12.6. The van der Waals surface area contributed by atoms with Crippen molar-refractivity contribution >= 4 is 11.6 Å². The largest absolute Gasteiger partial charge is 0.398 e. The summed E-state index contributed by atoms with van der Waals surface area (Å²) in [6.07, 6.45) is 0.692. The fourth-order valence-corrected chi connectivity index (χ4v) is 1.05. The third kappa shape index (κ3) is 2.74. The molecule has 0 saturated heterocycles. The minimum Gasteiger partial charge on any atom is -0.398 e. The molecule has 0 saturated carbocycles. The molecule has 1 aromatic carbocycles. The SMILES string of the molecule is NC(=O)CCc1ccc(F)cc1N. The number of amides is 1. The van der Waals surface area contributed by atoms with Crippen molar-refractivity contribution in [1.82, 2.24) is 0 Å². The third-order valence-corrected chi connectivity index (χ3v) is 1.75. The molecule has 0 unspecified atom stereocenters. The lowest BCUT2D eigenvalue weighted by atomic mass is 10.1. The van der Waals surface area contributed by atoms with Gasteiger partial charge in [0.1, 0.15) is 5.82 Å². The molecule has 1 rings (SSSR count). The highest BCUT2D eigenvalue weighted by molar-refractivity contribution is 5.74. The van der Waals surface area contributed by atoms with Crippen LogP contribution in [-0.4, -0.2) is 5.91 Å². The van der Waals surface area contributed by atoms with Crippen molar-refractivity contribution in [2.45, 2.75) is 12.8 Å². The van der Waals surface area contributed by atoms with Crippen molar-refractivity contribution in [3.8, 4) is 0 Å². The number of primary amides is 1. The monoisotopic (exact) mass is 182 g/mol. The summed E-state index contributed by atoms with van der Waals surface area (Å²) in [5, 5.41) is 0. The van der Waals surface area contributed by atoms with Gasteiger partial charge in [0.05, 0.1) is 0 Å². The maximum Gasteiger partial charge on any atom is 0.217 e. The highest BCUT2D eigenvalue weighted by atomic mass is 19.1. The molecule has 1 amide bonds. The second-order valence-corrected chi connectivity index (χ2v) is 2.81. The van der Waals surface area contributed by atoms with Gasteiger partial charge in [0.2, 0.25) is 5.91 Å². The van der Waals surface area contributed by atoms with E-state index in [0.717, 1.165) is 5.56 Å². The van der Waals surface area contributed by atoms with E-state index in [4.69, 9.17) is 11.5 Å². The number of hydrogen-bond acceptors (Lipinski definition) is 2. The molecule has 0 radical (unpaired) electrons. The van der Waals surface area contributed by atoms with Gasteiger partial charge >= 0.3 is 0 Å². The Morgan fingerprint density at radius 3 is 2.69 bits per heavy atom. The van der Waals surface area contributed by atoms with Crippen molar-refractivity contribution < 1.29 is 9.18 Å². The Morgan fingerprint density at radius 1 is 1.46 bits per heavy atom. The zero-order valence-electron chi connectivity index (χ0n) is 7.09. The molecule has 13 heavy (non-hydrogen) atoms. The van der Waals surface area contributed by atoms with Crippen LogP contribution in [0, 0.1) is 5.82 Å². The van der Waals surface area contributed by atoms with Gasteiger partial charge in [-0.3, -0.25) is 4.79 Å². The van der Waals surface area contributed by atoms with Gasteiger partial charge in [-0.2, -0.15) is 0 Å². The first kappa shape index (κ1) is 9.51.